The first kappa shape index (κ1) is 119. The Hall–Kier alpha value is -2.18. The summed E-state index contributed by atoms with van der Waals surface area (Å²) in [4.78, 5) is 21.2. The first-order valence-electron chi connectivity index (χ1n) is 35.5. The summed E-state index contributed by atoms with van der Waals surface area (Å²) in [6.45, 7) is 74.0. The van der Waals surface area contributed by atoms with Crippen LogP contribution in [-0.4, -0.2) is 229 Å². The van der Waals surface area contributed by atoms with Gasteiger partial charge < -0.3 is 86.7 Å². The maximum atomic E-state index is 10.6. The van der Waals surface area contributed by atoms with Crippen molar-refractivity contribution in [1.82, 2.24) is 10.6 Å². The van der Waals surface area contributed by atoms with E-state index in [2.05, 4.69) is 173 Å². The molecule has 0 aromatic carbocycles. The van der Waals surface area contributed by atoms with Crippen LogP contribution in [0.25, 0.3) is 0 Å². The summed E-state index contributed by atoms with van der Waals surface area (Å²) in [7, 11) is -3.56. The van der Waals surface area contributed by atoms with Gasteiger partial charge in [0.05, 0.1) is 40.8 Å². The Labute approximate surface area is 622 Å². The molecule has 0 aliphatic heterocycles. The van der Waals surface area contributed by atoms with Crippen molar-refractivity contribution in [3.05, 3.63) is 76.9 Å². The molecule has 2 atom stereocenters. The van der Waals surface area contributed by atoms with Crippen LogP contribution in [0, 0.1) is 0 Å². The van der Waals surface area contributed by atoms with E-state index in [1.54, 1.807) is 28.1 Å². The van der Waals surface area contributed by atoms with Gasteiger partial charge >= 0.3 is 20.5 Å². The van der Waals surface area contributed by atoms with Gasteiger partial charge in [0, 0.05) is 115 Å². The Bertz CT molecular complexity index is 1760. The van der Waals surface area contributed by atoms with Crippen molar-refractivity contribution >= 4 is 53.3 Å². The molecule has 0 spiro atoms. The fraction of sp³-hybridized carbons (Fsp3) is 0.813. The monoisotopic (exact) mass is 1520 g/mol. The van der Waals surface area contributed by atoms with Crippen molar-refractivity contribution in [3.8, 4) is 0 Å². The zero-order valence-corrected chi connectivity index (χ0v) is 72.0. The molecule has 0 aliphatic carbocycles. The Morgan fingerprint density at radius 2 is 0.780 bits per heavy atom. The van der Waals surface area contributed by atoms with E-state index < -0.39 is 53.3 Å². The number of likely N-dealkylation sites (N-methyl/N-ethyl adjacent to an activating group) is 1. The first-order chi connectivity index (χ1) is 46.0. The lowest BCUT2D eigenvalue weighted by Gasteiger charge is -2.39. The van der Waals surface area contributed by atoms with Crippen LogP contribution >= 0.6 is 0 Å². The number of aliphatic hydroxyl groups excluding tert-OH is 4. The topological polar surface area (TPSA) is 250 Å². The van der Waals surface area contributed by atoms with Crippen molar-refractivity contribution in [2.75, 3.05) is 132 Å². The highest BCUT2D eigenvalue weighted by atomic mass is 28.4. The lowest BCUT2D eigenvalue weighted by atomic mass is 10.1. The van der Waals surface area contributed by atoms with Crippen LogP contribution in [-0.2, 0) is 65.2 Å². The molecule has 0 rings (SSSR count). The highest BCUT2D eigenvalue weighted by molar-refractivity contribution is 6.78. The number of aliphatic hydroxyl groups is 4. The molecule has 0 radical (unpaired) electrons. The predicted octanol–water partition coefficient (Wildman–Crippen LogP) is 16.0. The molecular weight excluding hydrogens is 1360 g/mol. The first-order valence-corrected chi connectivity index (χ1v) is 51.1. The fourth-order valence-corrected chi connectivity index (χ4v) is 22.6. The summed E-state index contributed by atoms with van der Waals surface area (Å²) < 4.78 is 66.9. The summed E-state index contributed by atoms with van der Waals surface area (Å²) in [6.07, 6.45) is 17.4. The van der Waals surface area contributed by atoms with Crippen LogP contribution < -0.4 is 10.6 Å². The lowest BCUT2D eigenvalue weighted by Crippen LogP contribution is -2.49. The number of nitrogens with one attached hydrogen (secondary N) is 2. The number of hydrogen-bond donors (Lipinski definition) is 6. The molecule has 604 valence electrons. The van der Waals surface area contributed by atoms with Crippen molar-refractivity contribution in [3.63, 3.8) is 0 Å². The number of carbonyl (C=O) groups excluding carboxylic acids is 2. The van der Waals surface area contributed by atoms with Gasteiger partial charge in [-0.1, -0.05) is 79.9 Å². The number of esters is 2. The average molecular weight is 1520 g/mol. The van der Waals surface area contributed by atoms with E-state index in [1.807, 2.05) is 20.9 Å². The molecule has 0 aliphatic rings. The van der Waals surface area contributed by atoms with Gasteiger partial charge in [-0.05, 0) is 190 Å². The molecule has 0 aromatic heterocycles. The average Bonchev–Trinajstić information content (AvgIpc) is 0.847. The van der Waals surface area contributed by atoms with Crippen molar-refractivity contribution in [1.29, 1.82) is 0 Å². The van der Waals surface area contributed by atoms with Gasteiger partial charge in [-0.3, -0.25) is 0 Å². The predicted molar refractivity (Wildman–Crippen MR) is 439 cm³/mol. The highest BCUT2D eigenvalue weighted by Crippen LogP contribution is 2.30. The molecule has 6 N–H and O–H groups in total. The van der Waals surface area contributed by atoms with Crippen LogP contribution in [0.4, 0.5) is 0 Å². The van der Waals surface area contributed by atoms with E-state index >= 15 is 0 Å². The summed E-state index contributed by atoms with van der Waals surface area (Å²) in [5.74, 6) is -0.818. The van der Waals surface area contributed by atoms with E-state index in [-0.39, 0.29) is 65.1 Å². The minimum atomic E-state index is -1.98. The maximum absolute atomic E-state index is 10.6. The van der Waals surface area contributed by atoms with Crippen LogP contribution in [0.2, 0.25) is 77.1 Å². The summed E-state index contributed by atoms with van der Waals surface area (Å²) >= 11 is 0. The zero-order valence-electron chi connectivity index (χ0n) is 67.0. The molecule has 0 saturated heterocycles. The standard InChI is InChI=1S/C28H65NO7Si3.C23H53NO5Si2.2C7H12O3.4C2H4.2CH4/c1-28(2,36-38(7,8)26-35-21-15-11-13-19-30)24-37(5,6)25-34-20-14-10-12-17-27(31)23-29-18-16-22-39(9,32-3)33-4;1-23(2,29-31(6,7)21-28-17-13-9-11-15-25)19-30(4,5)20-27-16-12-8-10-14-22(26)18-24-3;2*1-4-9-5-10-7(8)6(2)3;4*1-2;;/h27,29-31H,10-26H2,1-9H3;22,24-26H,8-21H2,1-7H3;2*2,4-5H2,1,3H3;4*1-2H2;2*1H4. The highest BCUT2D eigenvalue weighted by Gasteiger charge is 2.38. The normalized spacial score (nSPS) is 11.9. The van der Waals surface area contributed by atoms with Crippen LogP contribution in [0.3, 0.4) is 0 Å². The molecule has 0 aromatic rings. The van der Waals surface area contributed by atoms with E-state index in [9.17, 15) is 19.8 Å². The lowest BCUT2D eigenvalue weighted by molar-refractivity contribution is -0.151. The van der Waals surface area contributed by atoms with Gasteiger partial charge in [0.2, 0.25) is 16.6 Å². The van der Waals surface area contributed by atoms with Crippen molar-refractivity contribution in [2.45, 2.75) is 267 Å². The quantitative estimate of drug-likeness (QED) is 0.00827. The van der Waals surface area contributed by atoms with Crippen molar-refractivity contribution < 1.29 is 85.6 Å². The second-order valence-corrected chi connectivity index (χ2v) is 49.3. The molecule has 0 heterocycles. The molecule has 2 unspecified atom stereocenters. The minimum absolute atomic E-state index is 0. The molecule has 0 bridgehead atoms. The van der Waals surface area contributed by atoms with E-state index in [1.165, 1.54) is 0 Å². The fourth-order valence-electron chi connectivity index (χ4n) is 10.0. The second kappa shape index (κ2) is 77.9. The number of rotatable bonds is 56. The maximum Gasteiger partial charge on any atom is 0.335 e. The third-order valence-corrected chi connectivity index (χ3v) is 26.3. The van der Waals surface area contributed by atoms with E-state index in [0.29, 0.717) is 43.7 Å². The van der Waals surface area contributed by atoms with Crippen LogP contribution in [0.1, 0.15) is 167 Å². The van der Waals surface area contributed by atoms with E-state index in [0.717, 1.165) is 166 Å². The van der Waals surface area contributed by atoms with Gasteiger partial charge in [0.1, 0.15) is 0 Å². The van der Waals surface area contributed by atoms with Crippen LogP contribution in [0.15, 0.2) is 76.9 Å². The summed E-state index contributed by atoms with van der Waals surface area (Å²) in [6, 6.07) is 3.09. The molecule has 0 fully saturated rings. The Morgan fingerprint density at radius 3 is 1.07 bits per heavy atom. The third-order valence-electron chi connectivity index (χ3n) is 13.7. The second-order valence-electron chi connectivity index (χ2n) is 27.8. The Balaban J connectivity index is -0.000000146. The minimum Gasteiger partial charge on any atom is -0.435 e. The molecule has 0 saturated carbocycles. The Morgan fingerprint density at radius 1 is 0.470 bits per heavy atom. The van der Waals surface area contributed by atoms with Gasteiger partial charge in [0.25, 0.3) is 0 Å². The number of hydrogen-bond acceptors (Lipinski definition) is 20. The molecular formula is C75H166N2O18Si5. The molecule has 20 nitrogen and oxygen atoms in total. The third kappa shape index (κ3) is 90.0. The summed E-state index contributed by atoms with van der Waals surface area (Å²) in [5, 5.41) is 44.0. The van der Waals surface area contributed by atoms with Gasteiger partial charge in [0.15, 0.2) is 13.6 Å². The number of ether oxygens (including phenoxy) is 8. The molecule has 100 heavy (non-hydrogen) atoms. The number of unbranched alkanes of at least 4 members (excludes halogenated alkanes) is 8. The van der Waals surface area contributed by atoms with Gasteiger partial charge in [-0.25, -0.2) is 9.59 Å². The zero-order chi connectivity index (χ0) is 77.6. The van der Waals surface area contributed by atoms with Gasteiger partial charge in [-0.15, -0.1) is 52.6 Å². The van der Waals surface area contributed by atoms with Crippen molar-refractivity contribution in [2.24, 2.45) is 0 Å². The van der Waals surface area contributed by atoms with Gasteiger partial charge in [-0.2, -0.15) is 0 Å². The number of carbonyl (C=O) groups is 2. The molecule has 25 heteroatoms. The largest absolute Gasteiger partial charge is 0.435 e. The summed E-state index contributed by atoms with van der Waals surface area (Å²) in [5.41, 5.74) is 0.451. The molecule has 0 amide bonds. The van der Waals surface area contributed by atoms with E-state index in [4.69, 9.17) is 56.3 Å². The Kier molecular flexibility index (Phi) is 92.6. The smallest absolute Gasteiger partial charge is 0.335 e. The SMILES string of the molecule is C.C.C=C.C=C.C=C.C=C.C=C(C)C(=O)OCOCC.C=C(C)C(=O)OCOCC.CNCC(O)CCCCCOC[Si](C)(C)CC(C)(C)O[Si](C)(C)COCCCCCO.CO[Si](C)(CCCNCC(O)CCCCCOC[Si](C)(C)CC(C)(C)O[Si](C)(C)COCCCCCO)OC. The van der Waals surface area contributed by atoms with Crippen LogP contribution in [0.5, 0.6) is 0 Å².